The molecule has 11 nitrogen and oxygen atoms in total. The molecule has 0 bridgehead atoms. The molecule has 0 amide bonds. The molecule has 2 heterocycles. The summed E-state index contributed by atoms with van der Waals surface area (Å²) in [5.74, 6) is 3.19. The minimum Gasteiger partial charge on any atom is -0.379 e. The van der Waals surface area contributed by atoms with Crippen molar-refractivity contribution in [1.82, 2.24) is 20.4 Å². The predicted molar refractivity (Wildman–Crippen MR) is 275 cm³/mol. The summed E-state index contributed by atoms with van der Waals surface area (Å²) in [7, 11) is 0. The van der Waals surface area contributed by atoms with Crippen molar-refractivity contribution in [2.75, 3.05) is 26.7 Å². The van der Waals surface area contributed by atoms with Gasteiger partial charge in [0.2, 0.25) is 0 Å². The lowest BCUT2D eigenvalue weighted by molar-refractivity contribution is 0.258. The van der Waals surface area contributed by atoms with Crippen molar-refractivity contribution >= 4 is 92.5 Å². The van der Waals surface area contributed by atoms with Crippen LogP contribution < -0.4 is 27.8 Å². The van der Waals surface area contributed by atoms with E-state index < -0.39 is 0 Å². The molecule has 0 spiro atoms. The Morgan fingerprint density at radius 2 is 0.823 bits per heavy atom. The van der Waals surface area contributed by atoms with Crippen molar-refractivity contribution in [3.05, 3.63) is 178 Å². The van der Waals surface area contributed by atoms with Crippen molar-refractivity contribution in [3.63, 3.8) is 0 Å². The van der Waals surface area contributed by atoms with Gasteiger partial charge < -0.3 is 27.8 Å². The van der Waals surface area contributed by atoms with Gasteiger partial charge in [-0.1, -0.05) is 187 Å². The molecular formula is C45H57Cl2N11S4. The average molecular weight is 951 g/mol. The Labute approximate surface area is 396 Å². The first kappa shape index (κ1) is 52.2. The third-order valence-electron chi connectivity index (χ3n) is 9.04. The first-order valence-corrected chi connectivity index (χ1v) is 23.4. The Morgan fingerprint density at radius 1 is 0.500 bits per heavy atom. The number of nitrogens with two attached hydrogens (primary N) is 3. The lowest BCUT2D eigenvalue weighted by Crippen LogP contribution is -2.41. The SMILES string of the molecule is Cl.Cl.N=C(N)SCc1ccccc1CSC(=N)N.NCc1ccccc1.c1ccc(CN2CN=C(SCc3ccccc3CSC3=NCN(Cc4ccccc4)CN3)NC2)cc1. The molecule has 5 aromatic rings. The van der Waals surface area contributed by atoms with Gasteiger partial charge in [-0.2, -0.15) is 0 Å². The maximum Gasteiger partial charge on any atom is 0.159 e. The van der Waals surface area contributed by atoms with Crippen LogP contribution in [0, 0.1) is 10.8 Å². The first-order chi connectivity index (χ1) is 29.3. The van der Waals surface area contributed by atoms with Crippen LogP contribution in [-0.4, -0.2) is 57.1 Å². The molecule has 0 unspecified atom stereocenters. The highest BCUT2D eigenvalue weighted by Crippen LogP contribution is 2.24. The van der Waals surface area contributed by atoms with Gasteiger partial charge in [0.1, 0.15) is 0 Å². The van der Waals surface area contributed by atoms with E-state index in [1.807, 2.05) is 54.6 Å². The highest BCUT2D eigenvalue weighted by molar-refractivity contribution is 8.13. The van der Waals surface area contributed by atoms with Crippen LogP contribution in [0.1, 0.15) is 38.9 Å². The number of aliphatic imine (C=N–C) groups is 2. The zero-order valence-corrected chi connectivity index (χ0v) is 39.4. The Morgan fingerprint density at radius 3 is 1.11 bits per heavy atom. The van der Waals surface area contributed by atoms with E-state index in [0.29, 0.717) is 18.1 Å². The van der Waals surface area contributed by atoms with Gasteiger partial charge in [0.05, 0.1) is 26.7 Å². The fraction of sp³-hybridized carbons (Fsp3) is 0.244. The van der Waals surface area contributed by atoms with Crippen molar-refractivity contribution in [3.8, 4) is 0 Å². The Bertz CT molecular complexity index is 1990. The van der Waals surface area contributed by atoms with Gasteiger partial charge in [0, 0.05) is 42.6 Å². The normalized spacial score (nSPS) is 13.4. The quantitative estimate of drug-likeness (QED) is 0.0443. The highest BCUT2D eigenvalue weighted by atomic mass is 35.5. The zero-order valence-electron chi connectivity index (χ0n) is 34.5. The number of nitrogens with zero attached hydrogens (tertiary/aromatic N) is 4. The monoisotopic (exact) mass is 949 g/mol. The average Bonchev–Trinajstić information content (AvgIpc) is 3.29. The lowest BCUT2D eigenvalue weighted by atomic mass is 10.1. The maximum atomic E-state index is 7.17. The number of benzene rings is 5. The van der Waals surface area contributed by atoms with E-state index in [1.54, 1.807) is 23.5 Å². The molecule has 5 aromatic carbocycles. The molecule has 62 heavy (non-hydrogen) atoms. The van der Waals surface area contributed by atoms with Crippen LogP contribution in [0.2, 0.25) is 0 Å². The van der Waals surface area contributed by atoms with E-state index in [1.165, 1.54) is 51.3 Å². The summed E-state index contributed by atoms with van der Waals surface area (Å²) in [5, 5.41) is 23.6. The van der Waals surface area contributed by atoms with E-state index in [-0.39, 0.29) is 35.1 Å². The third-order valence-corrected chi connectivity index (χ3v) is 12.6. The largest absolute Gasteiger partial charge is 0.379 e. The van der Waals surface area contributed by atoms with Gasteiger partial charge >= 0.3 is 0 Å². The third kappa shape index (κ3) is 19.9. The minimum atomic E-state index is 0. The Balaban J connectivity index is 0.000000326. The van der Waals surface area contributed by atoms with E-state index in [9.17, 15) is 0 Å². The van der Waals surface area contributed by atoms with Gasteiger partial charge in [-0.3, -0.25) is 20.6 Å². The lowest BCUT2D eigenvalue weighted by Gasteiger charge is -2.27. The predicted octanol–water partition coefficient (Wildman–Crippen LogP) is 8.83. The standard InChI is InChI=1S/C28H32N6S2.C10H14N4S2.C7H9N.2ClH/c1-3-9-23(10-4-1)15-33-19-29-27(30-20-33)35-17-25-13-7-8-14-26(25)18-36-28-31-21-34(22-32-28)16-24-11-5-2-6-12-24;11-9(12)15-5-7-3-1-2-4-8(7)6-16-10(13)14;8-6-7-4-2-1-3-5-7;;/h1-14H,15-22H2,(H,29,30)(H,31,32);1-4H,5-6H2,(H3,11,12)(H3,13,14);1-5H,6,8H2;2*1H. The molecule has 0 aliphatic carbocycles. The van der Waals surface area contributed by atoms with Crippen molar-refractivity contribution in [1.29, 1.82) is 10.8 Å². The van der Waals surface area contributed by atoms with Crippen LogP contribution in [0.3, 0.4) is 0 Å². The number of hydrogen-bond acceptors (Lipinski definition) is 13. The Kier molecular flexibility index (Phi) is 25.3. The molecule has 0 fully saturated rings. The molecule has 10 N–H and O–H groups in total. The van der Waals surface area contributed by atoms with Crippen LogP contribution in [0.5, 0.6) is 0 Å². The van der Waals surface area contributed by atoms with Crippen molar-refractivity contribution in [2.45, 2.75) is 42.6 Å². The molecular weight excluding hydrogens is 894 g/mol. The van der Waals surface area contributed by atoms with Gasteiger partial charge in [-0.05, 0) is 38.9 Å². The minimum absolute atomic E-state index is 0. The molecule has 0 saturated carbocycles. The van der Waals surface area contributed by atoms with Crippen molar-refractivity contribution in [2.24, 2.45) is 27.2 Å². The number of nitrogens with one attached hydrogen (secondary N) is 4. The van der Waals surface area contributed by atoms with E-state index in [0.717, 1.165) is 72.7 Å². The van der Waals surface area contributed by atoms with Crippen LogP contribution >= 0.6 is 71.9 Å². The van der Waals surface area contributed by atoms with Crippen LogP contribution in [0.25, 0.3) is 0 Å². The molecule has 7 rings (SSSR count). The molecule has 2 aliphatic rings. The summed E-state index contributed by atoms with van der Waals surface area (Å²) in [4.78, 5) is 14.1. The summed E-state index contributed by atoms with van der Waals surface area (Å²) in [6, 6.07) is 47.7. The molecule has 0 aromatic heterocycles. The van der Waals surface area contributed by atoms with Crippen LogP contribution in [-0.2, 0) is 42.6 Å². The Hall–Kier alpha value is -4.16. The molecule has 0 saturated heterocycles. The number of hydrogen-bond donors (Lipinski definition) is 7. The van der Waals surface area contributed by atoms with E-state index in [2.05, 4.69) is 105 Å². The van der Waals surface area contributed by atoms with Crippen molar-refractivity contribution < 1.29 is 0 Å². The first-order valence-electron chi connectivity index (χ1n) is 19.5. The molecule has 0 atom stereocenters. The fourth-order valence-electron chi connectivity index (χ4n) is 5.88. The number of thioether (sulfide) groups is 4. The van der Waals surface area contributed by atoms with Crippen LogP contribution in [0.4, 0.5) is 0 Å². The number of rotatable bonds is 13. The van der Waals surface area contributed by atoms with Gasteiger partial charge in [0.25, 0.3) is 0 Å². The molecule has 330 valence electrons. The summed E-state index contributed by atoms with van der Waals surface area (Å²) in [6.07, 6.45) is 0. The van der Waals surface area contributed by atoms with Gasteiger partial charge in [0.15, 0.2) is 20.7 Å². The summed E-state index contributed by atoms with van der Waals surface area (Å²) >= 11 is 6.17. The molecule has 17 heteroatoms. The second kappa shape index (κ2) is 30.0. The molecule has 0 radical (unpaired) electrons. The second-order valence-electron chi connectivity index (χ2n) is 13.6. The molecule has 2 aliphatic heterocycles. The van der Waals surface area contributed by atoms with Crippen LogP contribution in [0.15, 0.2) is 150 Å². The van der Waals surface area contributed by atoms with E-state index in [4.69, 9.17) is 38.0 Å². The van der Waals surface area contributed by atoms with Gasteiger partial charge in [-0.25, -0.2) is 9.98 Å². The smallest absolute Gasteiger partial charge is 0.159 e. The number of amidine groups is 4. The van der Waals surface area contributed by atoms with E-state index >= 15 is 0 Å². The van der Waals surface area contributed by atoms with Gasteiger partial charge in [-0.15, -0.1) is 24.8 Å². The second-order valence-corrected chi connectivity index (χ2v) is 17.6. The highest BCUT2D eigenvalue weighted by Gasteiger charge is 2.16. The maximum absolute atomic E-state index is 7.17. The summed E-state index contributed by atoms with van der Waals surface area (Å²) < 4.78 is 0. The topological polar surface area (TPSA) is 181 Å². The summed E-state index contributed by atoms with van der Waals surface area (Å²) in [5.41, 5.74) is 24.8. The fourth-order valence-corrected chi connectivity index (χ4v) is 8.85. The zero-order chi connectivity index (χ0) is 42.2. The number of halogens is 2. The summed E-state index contributed by atoms with van der Waals surface area (Å²) in [6.45, 7) is 5.58.